The van der Waals surface area contributed by atoms with Gasteiger partial charge in [0.2, 0.25) is 0 Å². The Kier molecular flexibility index (Phi) is 11.1. The molecule has 1 aromatic carbocycles. The molecule has 30 heavy (non-hydrogen) atoms. The van der Waals surface area contributed by atoms with Gasteiger partial charge in [-0.05, 0) is 76.1 Å². The van der Waals surface area contributed by atoms with Gasteiger partial charge in [0.15, 0.2) is 17.5 Å². The topological polar surface area (TPSA) is 58.1 Å². The van der Waals surface area contributed by atoms with Gasteiger partial charge in [-0.25, -0.2) is 0 Å². The summed E-state index contributed by atoms with van der Waals surface area (Å²) in [4.78, 5) is 7.51. The normalized spacial score (nSPS) is 19.3. The van der Waals surface area contributed by atoms with Crippen LogP contribution in [0.25, 0.3) is 0 Å². The minimum atomic E-state index is 0. The van der Waals surface area contributed by atoms with E-state index in [1.807, 2.05) is 13.0 Å². The summed E-state index contributed by atoms with van der Waals surface area (Å²) < 4.78 is 11.0. The second-order valence-electron chi connectivity index (χ2n) is 8.05. The zero-order chi connectivity index (χ0) is 20.5. The first-order valence-electron chi connectivity index (χ1n) is 11.3. The molecule has 1 aliphatic heterocycles. The van der Waals surface area contributed by atoms with Crippen LogP contribution in [-0.4, -0.2) is 63.3 Å². The third-order valence-electron chi connectivity index (χ3n) is 5.69. The van der Waals surface area contributed by atoms with Crippen LogP contribution < -0.4 is 20.1 Å². The van der Waals surface area contributed by atoms with Gasteiger partial charge in [-0.1, -0.05) is 6.07 Å². The van der Waals surface area contributed by atoms with E-state index in [9.17, 15) is 0 Å². The average molecular weight is 530 g/mol. The molecule has 0 amide bonds. The number of benzene rings is 1. The Morgan fingerprint density at radius 2 is 2.00 bits per heavy atom. The van der Waals surface area contributed by atoms with E-state index in [-0.39, 0.29) is 24.0 Å². The zero-order valence-electron chi connectivity index (χ0n) is 18.8. The number of nitrogens with one attached hydrogen (secondary N) is 2. The molecule has 1 saturated carbocycles. The predicted molar refractivity (Wildman–Crippen MR) is 135 cm³/mol. The average Bonchev–Trinajstić information content (AvgIpc) is 3.48. The van der Waals surface area contributed by atoms with Gasteiger partial charge in [-0.2, -0.15) is 0 Å². The van der Waals surface area contributed by atoms with Gasteiger partial charge in [0.1, 0.15) is 0 Å². The van der Waals surface area contributed by atoms with Crippen molar-refractivity contribution in [3.05, 3.63) is 23.8 Å². The van der Waals surface area contributed by atoms with E-state index in [2.05, 4.69) is 34.6 Å². The first kappa shape index (κ1) is 25.0. The maximum Gasteiger partial charge on any atom is 0.191 e. The third kappa shape index (κ3) is 7.80. The van der Waals surface area contributed by atoms with Gasteiger partial charge in [0.25, 0.3) is 0 Å². The van der Waals surface area contributed by atoms with Crippen molar-refractivity contribution in [1.29, 1.82) is 0 Å². The fraction of sp³-hybridized carbons (Fsp3) is 0.696. The number of aryl methyl sites for hydroxylation is 1. The first-order chi connectivity index (χ1) is 14.2. The Balaban J connectivity index is 0.00000320. The van der Waals surface area contributed by atoms with Crippen LogP contribution in [0.1, 0.15) is 45.1 Å². The molecule has 0 bridgehead atoms. The molecule has 1 aromatic rings. The summed E-state index contributed by atoms with van der Waals surface area (Å²) in [5.41, 5.74) is 1.27. The van der Waals surface area contributed by atoms with Crippen molar-refractivity contribution >= 4 is 29.9 Å². The van der Waals surface area contributed by atoms with E-state index in [0.717, 1.165) is 56.0 Å². The number of aliphatic imine (C=N–C) groups is 1. The number of halogens is 1. The Bertz CT molecular complexity index is 667. The Labute approximate surface area is 199 Å². The number of likely N-dealkylation sites (tertiary alicyclic amines) is 1. The van der Waals surface area contributed by atoms with Crippen LogP contribution in [-0.2, 0) is 6.42 Å². The predicted octanol–water partition coefficient (Wildman–Crippen LogP) is 3.68. The molecule has 3 rings (SSSR count). The smallest absolute Gasteiger partial charge is 0.191 e. The molecule has 0 spiro atoms. The van der Waals surface area contributed by atoms with Crippen molar-refractivity contribution in [3.63, 3.8) is 0 Å². The van der Waals surface area contributed by atoms with Crippen molar-refractivity contribution in [3.8, 4) is 11.5 Å². The van der Waals surface area contributed by atoms with Crippen LogP contribution in [0, 0.1) is 5.92 Å². The molecule has 2 fully saturated rings. The highest BCUT2D eigenvalue weighted by Crippen LogP contribution is 2.31. The lowest BCUT2D eigenvalue weighted by Crippen LogP contribution is -2.38. The van der Waals surface area contributed by atoms with Crippen molar-refractivity contribution in [2.45, 2.75) is 52.0 Å². The van der Waals surface area contributed by atoms with Crippen LogP contribution >= 0.6 is 24.0 Å². The maximum absolute atomic E-state index is 5.68. The second-order valence-corrected chi connectivity index (χ2v) is 8.05. The summed E-state index contributed by atoms with van der Waals surface area (Å²) >= 11 is 0. The van der Waals surface area contributed by atoms with E-state index in [0.29, 0.717) is 12.5 Å². The highest BCUT2D eigenvalue weighted by molar-refractivity contribution is 14.0. The number of hydrogen-bond acceptors (Lipinski definition) is 4. The van der Waals surface area contributed by atoms with Gasteiger partial charge in [-0.15, -0.1) is 24.0 Å². The molecule has 1 heterocycles. The first-order valence-corrected chi connectivity index (χ1v) is 11.3. The van der Waals surface area contributed by atoms with E-state index in [1.54, 1.807) is 7.11 Å². The molecule has 1 atom stereocenters. The molecule has 2 N–H and O–H groups in total. The summed E-state index contributed by atoms with van der Waals surface area (Å²) in [5, 5.41) is 6.87. The summed E-state index contributed by atoms with van der Waals surface area (Å²) in [5.74, 6) is 3.28. The number of methoxy groups -OCH3 is 1. The molecule has 170 valence electrons. The fourth-order valence-corrected chi connectivity index (χ4v) is 3.99. The van der Waals surface area contributed by atoms with E-state index in [1.165, 1.54) is 37.9 Å². The van der Waals surface area contributed by atoms with Crippen molar-refractivity contribution in [2.24, 2.45) is 10.9 Å². The Hall–Kier alpha value is -1.22. The lowest BCUT2D eigenvalue weighted by Gasteiger charge is -2.15. The molecule has 1 unspecified atom stereocenters. The minimum Gasteiger partial charge on any atom is -0.493 e. The van der Waals surface area contributed by atoms with Crippen LogP contribution in [0.2, 0.25) is 0 Å². The van der Waals surface area contributed by atoms with Crippen molar-refractivity contribution in [2.75, 3.05) is 46.4 Å². The van der Waals surface area contributed by atoms with Gasteiger partial charge >= 0.3 is 0 Å². The standard InChI is InChI=1S/C23H38N4O2.HI/c1-4-24-23(26-16-19-12-14-27(17-19)20-9-10-20)25-13-6-7-18-8-11-21(28-3)22(15-18)29-5-2;/h8,11,15,19-20H,4-7,9-10,12-14,16-17H2,1-3H3,(H2,24,25,26);1H. The monoisotopic (exact) mass is 530 g/mol. The number of hydrogen-bond donors (Lipinski definition) is 2. The lowest BCUT2D eigenvalue weighted by atomic mass is 10.1. The number of nitrogens with zero attached hydrogens (tertiary/aromatic N) is 2. The molecule has 7 heteroatoms. The lowest BCUT2D eigenvalue weighted by molar-refractivity contribution is 0.310. The largest absolute Gasteiger partial charge is 0.493 e. The zero-order valence-corrected chi connectivity index (χ0v) is 21.1. The van der Waals surface area contributed by atoms with Crippen molar-refractivity contribution in [1.82, 2.24) is 15.5 Å². The number of guanidine groups is 1. The molecule has 0 radical (unpaired) electrons. The summed E-state index contributed by atoms with van der Waals surface area (Å²) in [6.07, 6.45) is 6.14. The maximum atomic E-state index is 5.68. The van der Waals surface area contributed by atoms with Crippen LogP contribution in [0.5, 0.6) is 11.5 Å². The molecule has 1 aliphatic carbocycles. The molecule has 1 saturated heterocycles. The fourth-order valence-electron chi connectivity index (χ4n) is 3.99. The minimum absolute atomic E-state index is 0. The third-order valence-corrected chi connectivity index (χ3v) is 5.69. The van der Waals surface area contributed by atoms with Gasteiger partial charge in [0.05, 0.1) is 13.7 Å². The van der Waals surface area contributed by atoms with Crippen LogP contribution in [0.4, 0.5) is 0 Å². The van der Waals surface area contributed by atoms with Crippen molar-refractivity contribution < 1.29 is 9.47 Å². The quantitative estimate of drug-likeness (QED) is 0.198. The highest BCUT2D eigenvalue weighted by atomic mass is 127. The molecule has 6 nitrogen and oxygen atoms in total. The molecular formula is C23H39IN4O2. The van der Waals surface area contributed by atoms with Crippen LogP contribution in [0.15, 0.2) is 23.2 Å². The highest BCUT2D eigenvalue weighted by Gasteiger charge is 2.34. The molecule has 0 aromatic heterocycles. The SMILES string of the molecule is CCNC(=NCC1CCN(C2CC2)C1)NCCCc1ccc(OC)c(OCC)c1.I. The summed E-state index contributed by atoms with van der Waals surface area (Å²) in [7, 11) is 1.68. The summed E-state index contributed by atoms with van der Waals surface area (Å²) in [6, 6.07) is 7.09. The van der Waals surface area contributed by atoms with Gasteiger partial charge in [0, 0.05) is 32.2 Å². The second kappa shape index (κ2) is 13.2. The van der Waals surface area contributed by atoms with Gasteiger partial charge in [-0.3, -0.25) is 4.99 Å². The molecular weight excluding hydrogens is 491 g/mol. The van der Waals surface area contributed by atoms with Crippen LogP contribution in [0.3, 0.4) is 0 Å². The Morgan fingerprint density at radius 3 is 2.70 bits per heavy atom. The number of ether oxygens (including phenoxy) is 2. The molecule has 2 aliphatic rings. The summed E-state index contributed by atoms with van der Waals surface area (Å²) in [6.45, 7) is 9.97. The Morgan fingerprint density at radius 1 is 1.17 bits per heavy atom. The van der Waals surface area contributed by atoms with Gasteiger partial charge < -0.3 is 25.0 Å². The van der Waals surface area contributed by atoms with E-state index < -0.39 is 0 Å². The van der Waals surface area contributed by atoms with E-state index >= 15 is 0 Å². The van der Waals surface area contributed by atoms with E-state index in [4.69, 9.17) is 14.5 Å². The number of rotatable bonds is 11.